The van der Waals surface area contributed by atoms with Gasteiger partial charge in [0.05, 0.1) is 24.3 Å². The third-order valence-electron chi connectivity index (χ3n) is 5.47. The van der Waals surface area contributed by atoms with E-state index in [2.05, 4.69) is 11.4 Å². The quantitative estimate of drug-likeness (QED) is 0.301. The summed E-state index contributed by atoms with van der Waals surface area (Å²) >= 11 is 0. The van der Waals surface area contributed by atoms with Crippen LogP contribution in [0.4, 0.5) is 0 Å². The smallest absolute Gasteiger partial charge is 0.268 e. The van der Waals surface area contributed by atoms with Gasteiger partial charge in [0.2, 0.25) is 0 Å². The molecule has 0 atom stereocenters. The fourth-order valence-corrected chi connectivity index (χ4v) is 3.79. The van der Waals surface area contributed by atoms with E-state index in [0.29, 0.717) is 35.7 Å². The SMILES string of the molecule is COc1cccc2c1cc(C(=O)NCc1ccc(C(=N)N)cc1)n2Cc1cccc(C#N)c1. The van der Waals surface area contributed by atoms with E-state index in [-0.39, 0.29) is 11.7 Å². The minimum Gasteiger partial charge on any atom is -0.496 e. The standard InChI is InChI=1S/C26H23N5O2/c1-33-24-7-3-6-22-21(24)13-23(31(22)16-19-5-2-4-18(12-19)14-27)26(32)30-15-17-8-10-20(11-9-17)25(28)29/h2-13H,15-16H2,1H3,(H3,28,29)(H,30,32). The Morgan fingerprint density at radius 2 is 1.85 bits per heavy atom. The molecule has 0 saturated heterocycles. The van der Waals surface area contributed by atoms with Crippen LogP contribution in [0.5, 0.6) is 5.75 Å². The molecule has 0 bridgehead atoms. The van der Waals surface area contributed by atoms with E-state index in [4.69, 9.17) is 15.9 Å². The Kier molecular flexibility index (Phi) is 6.09. The van der Waals surface area contributed by atoms with Crippen LogP contribution < -0.4 is 15.8 Å². The highest BCUT2D eigenvalue weighted by Crippen LogP contribution is 2.29. The molecular formula is C26H23N5O2. The van der Waals surface area contributed by atoms with Gasteiger partial charge in [-0.15, -0.1) is 0 Å². The van der Waals surface area contributed by atoms with Gasteiger partial charge in [-0.05, 0) is 41.5 Å². The fourth-order valence-electron chi connectivity index (χ4n) is 3.79. The molecule has 4 N–H and O–H groups in total. The van der Waals surface area contributed by atoms with Crippen molar-refractivity contribution in [3.05, 3.63) is 101 Å². The highest BCUT2D eigenvalue weighted by molar-refractivity contribution is 6.00. The second kappa shape index (κ2) is 9.28. The molecule has 3 aromatic carbocycles. The average molecular weight is 438 g/mol. The molecule has 4 aromatic rings. The van der Waals surface area contributed by atoms with Crippen molar-refractivity contribution < 1.29 is 9.53 Å². The maximum atomic E-state index is 13.2. The van der Waals surface area contributed by atoms with Gasteiger partial charge in [0.25, 0.3) is 5.91 Å². The lowest BCUT2D eigenvalue weighted by atomic mass is 10.1. The van der Waals surface area contributed by atoms with Gasteiger partial charge in [0, 0.05) is 24.0 Å². The predicted molar refractivity (Wildman–Crippen MR) is 127 cm³/mol. The first-order valence-electron chi connectivity index (χ1n) is 10.4. The molecule has 0 aliphatic carbocycles. The van der Waals surface area contributed by atoms with Crippen LogP contribution in [-0.2, 0) is 13.1 Å². The van der Waals surface area contributed by atoms with Crippen LogP contribution >= 0.6 is 0 Å². The molecule has 7 heteroatoms. The van der Waals surface area contributed by atoms with Crippen molar-refractivity contribution in [2.75, 3.05) is 7.11 Å². The van der Waals surface area contributed by atoms with Crippen molar-refractivity contribution in [3.63, 3.8) is 0 Å². The number of carbonyl (C=O) groups excluding carboxylic acids is 1. The molecule has 0 aliphatic rings. The van der Waals surface area contributed by atoms with Gasteiger partial charge >= 0.3 is 0 Å². The van der Waals surface area contributed by atoms with E-state index in [1.165, 1.54) is 0 Å². The maximum Gasteiger partial charge on any atom is 0.268 e. The zero-order valence-corrected chi connectivity index (χ0v) is 18.1. The molecule has 1 amide bonds. The number of nitriles is 1. The first-order chi connectivity index (χ1) is 16.0. The van der Waals surface area contributed by atoms with Gasteiger partial charge in [-0.25, -0.2) is 0 Å². The van der Waals surface area contributed by atoms with E-state index in [1.807, 2.05) is 59.2 Å². The number of hydrogen-bond donors (Lipinski definition) is 3. The van der Waals surface area contributed by atoms with E-state index >= 15 is 0 Å². The zero-order chi connectivity index (χ0) is 23.4. The summed E-state index contributed by atoms with van der Waals surface area (Å²) in [5.41, 5.74) is 9.89. The lowest BCUT2D eigenvalue weighted by molar-refractivity contribution is 0.0942. The Labute approximate surface area is 191 Å². The summed E-state index contributed by atoms with van der Waals surface area (Å²) in [5, 5.41) is 20.5. The van der Waals surface area contributed by atoms with Crippen molar-refractivity contribution in [1.29, 1.82) is 10.7 Å². The number of nitrogens with two attached hydrogens (primary N) is 1. The number of hydrogen-bond acceptors (Lipinski definition) is 4. The molecule has 0 spiro atoms. The van der Waals surface area contributed by atoms with Gasteiger partial charge in [0.15, 0.2) is 0 Å². The first-order valence-corrected chi connectivity index (χ1v) is 10.4. The van der Waals surface area contributed by atoms with Crippen LogP contribution in [0.25, 0.3) is 10.9 Å². The van der Waals surface area contributed by atoms with Crippen molar-refractivity contribution in [2.45, 2.75) is 13.1 Å². The Morgan fingerprint density at radius 1 is 1.09 bits per heavy atom. The van der Waals surface area contributed by atoms with Crippen LogP contribution in [0.1, 0.15) is 32.7 Å². The lowest BCUT2D eigenvalue weighted by Crippen LogP contribution is -2.25. The average Bonchev–Trinajstić information content (AvgIpc) is 3.21. The Hall–Kier alpha value is -4.57. The van der Waals surface area contributed by atoms with Crippen LogP contribution in [-0.4, -0.2) is 23.4 Å². The van der Waals surface area contributed by atoms with Crippen LogP contribution in [0.15, 0.2) is 72.8 Å². The van der Waals surface area contributed by atoms with E-state index in [1.54, 1.807) is 25.3 Å². The van der Waals surface area contributed by atoms with E-state index < -0.39 is 0 Å². The second-order valence-electron chi connectivity index (χ2n) is 7.61. The number of rotatable bonds is 7. The van der Waals surface area contributed by atoms with Crippen molar-refractivity contribution in [2.24, 2.45) is 5.73 Å². The summed E-state index contributed by atoms with van der Waals surface area (Å²) < 4.78 is 7.44. The number of amides is 1. The van der Waals surface area contributed by atoms with Gasteiger partial charge in [0.1, 0.15) is 17.3 Å². The fraction of sp³-hybridized carbons (Fsp3) is 0.115. The van der Waals surface area contributed by atoms with Gasteiger partial charge in [-0.3, -0.25) is 10.2 Å². The largest absolute Gasteiger partial charge is 0.496 e. The molecule has 164 valence electrons. The molecule has 0 unspecified atom stereocenters. The van der Waals surface area contributed by atoms with Crippen LogP contribution in [0.2, 0.25) is 0 Å². The number of benzene rings is 3. The number of nitrogens with one attached hydrogen (secondary N) is 2. The molecule has 7 nitrogen and oxygen atoms in total. The molecule has 1 heterocycles. The van der Waals surface area contributed by atoms with Gasteiger partial charge < -0.3 is 20.4 Å². The molecule has 4 rings (SSSR count). The Balaban J connectivity index is 1.66. The summed E-state index contributed by atoms with van der Waals surface area (Å²) in [6.45, 7) is 0.766. The number of fused-ring (bicyclic) bond motifs is 1. The second-order valence-corrected chi connectivity index (χ2v) is 7.61. The maximum absolute atomic E-state index is 13.2. The summed E-state index contributed by atoms with van der Waals surface area (Å²) in [4.78, 5) is 13.2. The monoisotopic (exact) mass is 437 g/mol. The Morgan fingerprint density at radius 3 is 2.55 bits per heavy atom. The number of nitrogens with zero attached hydrogens (tertiary/aromatic N) is 2. The molecule has 0 saturated carbocycles. The van der Waals surface area contributed by atoms with Crippen LogP contribution in [0.3, 0.4) is 0 Å². The molecule has 1 aromatic heterocycles. The highest BCUT2D eigenvalue weighted by Gasteiger charge is 2.18. The van der Waals surface area contributed by atoms with Crippen molar-refractivity contribution >= 4 is 22.6 Å². The number of ether oxygens (including phenoxy) is 1. The van der Waals surface area contributed by atoms with Crippen molar-refractivity contribution in [3.8, 4) is 11.8 Å². The van der Waals surface area contributed by atoms with Gasteiger partial charge in [-0.1, -0.05) is 42.5 Å². The third kappa shape index (κ3) is 4.55. The summed E-state index contributed by atoms with van der Waals surface area (Å²) in [5.74, 6) is 0.468. The number of amidine groups is 1. The molecule has 0 radical (unpaired) electrons. The predicted octanol–water partition coefficient (Wildman–Crippen LogP) is 3.78. The number of methoxy groups -OCH3 is 1. The minimum absolute atomic E-state index is 0.00418. The molecule has 0 fully saturated rings. The van der Waals surface area contributed by atoms with Gasteiger partial charge in [-0.2, -0.15) is 5.26 Å². The highest BCUT2D eigenvalue weighted by atomic mass is 16.5. The number of aromatic nitrogens is 1. The molecule has 33 heavy (non-hydrogen) atoms. The van der Waals surface area contributed by atoms with Crippen molar-refractivity contribution in [1.82, 2.24) is 9.88 Å². The van der Waals surface area contributed by atoms with E-state index in [0.717, 1.165) is 22.0 Å². The Bertz CT molecular complexity index is 1380. The topological polar surface area (TPSA) is 117 Å². The van der Waals surface area contributed by atoms with Crippen LogP contribution in [0, 0.1) is 16.7 Å². The molecule has 0 aliphatic heterocycles. The summed E-state index contributed by atoms with van der Waals surface area (Å²) in [6, 6.07) is 24.2. The number of carbonyl (C=O) groups is 1. The van der Waals surface area contributed by atoms with E-state index in [9.17, 15) is 10.1 Å². The summed E-state index contributed by atoms with van der Waals surface area (Å²) in [7, 11) is 1.60. The normalized spacial score (nSPS) is 10.5. The molecular weight excluding hydrogens is 414 g/mol. The minimum atomic E-state index is -0.222. The first kappa shape index (κ1) is 21.7. The summed E-state index contributed by atoms with van der Waals surface area (Å²) in [6.07, 6.45) is 0. The lowest BCUT2D eigenvalue weighted by Gasteiger charge is -2.12. The third-order valence-corrected chi connectivity index (χ3v) is 5.47. The zero-order valence-electron chi connectivity index (χ0n) is 18.1. The number of nitrogen functional groups attached to an aromatic ring is 1.